The van der Waals surface area contributed by atoms with Gasteiger partial charge in [-0.15, -0.1) is 0 Å². The lowest BCUT2D eigenvalue weighted by Crippen LogP contribution is -2.23. The average Bonchev–Trinajstić information content (AvgIpc) is 2.23. The Morgan fingerprint density at radius 1 is 1.44 bits per heavy atom. The number of carbonyl (C=O) groups excluding carboxylic acids is 1. The molecule has 0 radical (unpaired) electrons. The van der Waals surface area contributed by atoms with Gasteiger partial charge in [0.1, 0.15) is 11.4 Å². The van der Waals surface area contributed by atoms with Gasteiger partial charge < -0.3 is 9.84 Å². The van der Waals surface area contributed by atoms with Crippen LogP contribution in [0.5, 0.6) is 5.75 Å². The zero-order valence-corrected chi connectivity index (χ0v) is 10.5. The maximum atomic E-state index is 11.0. The predicted molar refractivity (Wildman–Crippen MR) is 65.3 cm³/mol. The highest BCUT2D eigenvalue weighted by molar-refractivity contribution is 5.76. The van der Waals surface area contributed by atoms with Crippen LogP contribution in [0.3, 0.4) is 0 Å². The zero-order chi connectivity index (χ0) is 13.8. The fraction of sp³-hybridized carbons (Fsp3) is 0.385. The van der Waals surface area contributed by atoms with Gasteiger partial charge in [-0.2, -0.15) is 4.99 Å². The van der Waals surface area contributed by atoms with E-state index in [9.17, 15) is 9.59 Å². The van der Waals surface area contributed by atoms with E-state index >= 15 is 0 Å². The fourth-order valence-electron chi connectivity index (χ4n) is 1.43. The van der Waals surface area contributed by atoms with Gasteiger partial charge in [-0.05, 0) is 38.5 Å². The number of isocyanates is 1. The summed E-state index contributed by atoms with van der Waals surface area (Å²) in [6.07, 6.45) is 1.27. The predicted octanol–water partition coefficient (Wildman–Crippen LogP) is 2.33. The van der Waals surface area contributed by atoms with E-state index < -0.39 is 12.0 Å². The van der Waals surface area contributed by atoms with Crippen molar-refractivity contribution in [2.24, 2.45) is 4.99 Å². The Morgan fingerprint density at radius 3 is 2.61 bits per heavy atom. The van der Waals surface area contributed by atoms with Crippen molar-refractivity contribution in [1.29, 1.82) is 0 Å². The molecule has 0 saturated carbocycles. The molecule has 96 valence electrons. The van der Waals surface area contributed by atoms with E-state index in [1.807, 2.05) is 20.8 Å². The summed E-state index contributed by atoms with van der Waals surface area (Å²) < 4.78 is 5.62. The van der Waals surface area contributed by atoms with Crippen LogP contribution in [-0.4, -0.2) is 22.8 Å². The van der Waals surface area contributed by atoms with Gasteiger partial charge in [0.05, 0.1) is 0 Å². The number of benzene rings is 1. The summed E-state index contributed by atoms with van der Waals surface area (Å²) in [5, 5.41) is 8.97. The van der Waals surface area contributed by atoms with E-state index in [0.717, 1.165) is 0 Å². The topological polar surface area (TPSA) is 76.0 Å². The number of hydrogen-bond donors (Lipinski definition) is 1. The van der Waals surface area contributed by atoms with Gasteiger partial charge >= 0.3 is 5.97 Å². The molecule has 5 heteroatoms. The first-order valence-corrected chi connectivity index (χ1v) is 5.42. The highest BCUT2D eigenvalue weighted by Gasteiger charge is 2.20. The van der Waals surface area contributed by atoms with Crippen molar-refractivity contribution in [3.8, 4) is 5.75 Å². The molecular formula is C13H15NO4. The lowest BCUT2D eigenvalue weighted by atomic mass is 10.1. The van der Waals surface area contributed by atoms with E-state index in [1.165, 1.54) is 6.08 Å². The van der Waals surface area contributed by atoms with Crippen molar-refractivity contribution < 1.29 is 19.4 Å². The number of aliphatic imine (C=N–C) groups is 1. The molecule has 18 heavy (non-hydrogen) atoms. The summed E-state index contributed by atoms with van der Waals surface area (Å²) in [4.78, 5) is 24.5. The third-order valence-electron chi connectivity index (χ3n) is 2.01. The number of carboxylic acids is 1. The molecular weight excluding hydrogens is 234 g/mol. The van der Waals surface area contributed by atoms with E-state index in [1.54, 1.807) is 24.3 Å². The minimum absolute atomic E-state index is 0.382. The quantitative estimate of drug-likeness (QED) is 0.656. The lowest BCUT2D eigenvalue weighted by Gasteiger charge is -2.21. The van der Waals surface area contributed by atoms with Crippen molar-refractivity contribution in [3.63, 3.8) is 0 Å². The first-order valence-electron chi connectivity index (χ1n) is 5.42. The lowest BCUT2D eigenvalue weighted by molar-refractivity contribution is -0.138. The minimum atomic E-state index is -1.24. The molecule has 0 spiro atoms. The molecule has 0 aromatic heterocycles. The van der Waals surface area contributed by atoms with Crippen LogP contribution in [-0.2, 0) is 9.59 Å². The molecule has 1 N–H and O–H groups in total. The van der Waals surface area contributed by atoms with Crippen molar-refractivity contribution in [2.75, 3.05) is 0 Å². The Bertz CT molecular complexity index is 482. The van der Waals surface area contributed by atoms with Gasteiger partial charge in [-0.3, -0.25) is 0 Å². The Morgan fingerprint density at radius 2 is 2.11 bits per heavy atom. The van der Waals surface area contributed by atoms with Gasteiger partial charge in [-0.25, -0.2) is 9.59 Å². The number of ether oxygens (including phenoxy) is 1. The van der Waals surface area contributed by atoms with Crippen LogP contribution < -0.4 is 4.74 Å². The number of rotatable bonds is 4. The molecule has 0 aliphatic heterocycles. The number of aliphatic carboxylic acids is 1. The Balaban J connectivity index is 3.07. The number of carbonyl (C=O) groups is 1. The van der Waals surface area contributed by atoms with E-state index in [4.69, 9.17) is 9.84 Å². The smallest absolute Gasteiger partial charge is 0.334 e. The molecule has 1 aromatic rings. The minimum Gasteiger partial charge on any atom is -0.488 e. The van der Waals surface area contributed by atoms with Gasteiger partial charge in [0, 0.05) is 0 Å². The highest BCUT2D eigenvalue weighted by Crippen LogP contribution is 2.24. The van der Waals surface area contributed by atoms with Crippen LogP contribution in [0.4, 0.5) is 0 Å². The highest BCUT2D eigenvalue weighted by atomic mass is 16.5. The number of nitrogens with zero attached hydrogens (tertiary/aromatic N) is 1. The summed E-state index contributed by atoms with van der Waals surface area (Å²) in [6.45, 7) is 5.66. The third-order valence-corrected chi connectivity index (χ3v) is 2.01. The van der Waals surface area contributed by atoms with Crippen LogP contribution in [0, 0.1) is 0 Å². The van der Waals surface area contributed by atoms with Crippen LogP contribution >= 0.6 is 0 Å². The molecule has 0 aliphatic rings. The summed E-state index contributed by atoms with van der Waals surface area (Å²) in [6, 6.07) is 5.27. The first-order chi connectivity index (χ1) is 8.33. The first kappa shape index (κ1) is 13.9. The zero-order valence-electron chi connectivity index (χ0n) is 10.5. The van der Waals surface area contributed by atoms with Gasteiger partial charge in [0.2, 0.25) is 6.08 Å². The monoisotopic (exact) mass is 249 g/mol. The summed E-state index contributed by atoms with van der Waals surface area (Å²) >= 11 is 0. The molecule has 0 bridgehead atoms. The maximum absolute atomic E-state index is 11.0. The van der Waals surface area contributed by atoms with E-state index in [-0.39, 0.29) is 5.60 Å². The molecule has 1 aromatic carbocycles. The second-order valence-electron chi connectivity index (χ2n) is 4.75. The number of carboxylic acid groups (broad SMARTS) is 1. The van der Waals surface area contributed by atoms with Crippen LogP contribution in [0.25, 0.3) is 0 Å². The maximum Gasteiger partial charge on any atom is 0.334 e. The average molecular weight is 249 g/mol. The second kappa shape index (κ2) is 5.47. The van der Waals surface area contributed by atoms with Crippen LogP contribution in [0.1, 0.15) is 32.4 Å². The molecule has 0 fully saturated rings. The molecule has 1 rings (SSSR count). The van der Waals surface area contributed by atoms with Crippen LogP contribution in [0.15, 0.2) is 29.3 Å². The van der Waals surface area contributed by atoms with E-state index in [2.05, 4.69) is 4.99 Å². The summed E-state index contributed by atoms with van der Waals surface area (Å²) in [5.41, 5.74) is -0.00162. The van der Waals surface area contributed by atoms with Crippen molar-refractivity contribution >= 4 is 12.0 Å². The van der Waals surface area contributed by atoms with Gasteiger partial charge in [-0.1, -0.05) is 12.1 Å². The third kappa shape index (κ3) is 4.03. The fourth-order valence-corrected chi connectivity index (χ4v) is 1.43. The van der Waals surface area contributed by atoms with Gasteiger partial charge in [0.25, 0.3) is 0 Å². The van der Waals surface area contributed by atoms with E-state index in [0.29, 0.717) is 11.3 Å². The van der Waals surface area contributed by atoms with Crippen molar-refractivity contribution in [2.45, 2.75) is 32.4 Å². The number of hydrogen-bond acceptors (Lipinski definition) is 4. The normalized spacial score (nSPS) is 12.4. The standard InChI is InChI=1S/C13H15NO4/c1-13(2,3)18-10-6-4-5-9(7-10)11(12(16)17)14-8-15/h4-7,11H,1-3H3,(H,16,17)/t11-/m1/s1. The van der Waals surface area contributed by atoms with Crippen LogP contribution in [0.2, 0.25) is 0 Å². The van der Waals surface area contributed by atoms with Gasteiger partial charge in [0.15, 0.2) is 6.04 Å². The molecule has 0 amide bonds. The molecule has 1 atom stereocenters. The Hall–Kier alpha value is -2.13. The molecule has 0 aliphatic carbocycles. The Labute approximate surface area is 105 Å². The Kier molecular flexibility index (Phi) is 4.23. The van der Waals surface area contributed by atoms with Crippen molar-refractivity contribution in [1.82, 2.24) is 0 Å². The summed E-state index contributed by atoms with van der Waals surface area (Å²) in [5.74, 6) is -0.668. The molecule has 0 unspecified atom stereocenters. The molecule has 0 heterocycles. The largest absolute Gasteiger partial charge is 0.488 e. The SMILES string of the molecule is CC(C)(C)Oc1cccc([C@@H](N=C=O)C(=O)O)c1. The summed E-state index contributed by atoms with van der Waals surface area (Å²) in [7, 11) is 0. The molecule has 5 nitrogen and oxygen atoms in total. The molecule has 0 saturated heterocycles. The second-order valence-corrected chi connectivity index (χ2v) is 4.75. The van der Waals surface area contributed by atoms with Crippen molar-refractivity contribution in [3.05, 3.63) is 29.8 Å².